The molecule has 1 N–H and O–H groups in total. The number of nitrogens with one attached hydrogen (secondary N) is 1. The minimum atomic E-state index is 0.346. The number of aromatic nitrogens is 2. The Kier molecular flexibility index (Phi) is 2.53. The van der Waals surface area contributed by atoms with Gasteiger partial charge in [0.2, 0.25) is 5.89 Å². The van der Waals surface area contributed by atoms with Crippen LogP contribution < -0.4 is 10.2 Å². The van der Waals surface area contributed by atoms with Crippen molar-refractivity contribution in [2.45, 2.75) is 31.6 Å². The van der Waals surface area contributed by atoms with Crippen LogP contribution in [0.25, 0.3) is 0 Å². The minimum Gasteiger partial charge on any atom is -0.407 e. The Morgan fingerprint density at radius 1 is 1.31 bits per heavy atom. The number of morpholine rings is 1. The van der Waals surface area contributed by atoms with E-state index in [0.717, 1.165) is 25.9 Å². The molecule has 3 heterocycles. The van der Waals surface area contributed by atoms with Crippen LogP contribution in [0.5, 0.6) is 0 Å². The zero-order valence-electron chi connectivity index (χ0n) is 9.35. The molecule has 1 aromatic heterocycles. The number of ether oxygens (including phenoxy) is 1. The molecule has 2 bridgehead atoms. The average molecular weight is 224 g/mol. The van der Waals surface area contributed by atoms with Gasteiger partial charge in [-0.1, -0.05) is 5.10 Å². The van der Waals surface area contributed by atoms with Gasteiger partial charge in [-0.05, 0) is 19.9 Å². The van der Waals surface area contributed by atoms with E-state index in [2.05, 4.69) is 20.4 Å². The largest absolute Gasteiger partial charge is 0.407 e. The fraction of sp³-hybridized carbons (Fsp3) is 0.800. The first-order valence-corrected chi connectivity index (χ1v) is 5.72. The number of anilines is 1. The van der Waals surface area contributed by atoms with Crippen LogP contribution in [0.15, 0.2) is 4.42 Å². The van der Waals surface area contributed by atoms with Crippen LogP contribution in [0, 0.1) is 0 Å². The summed E-state index contributed by atoms with van der Waals surface area (Å²) in [5.41, 5.74) is 0. The van der Waals surface area contributed by atoms with Gasteiger partial charge < -0.3 is 19.4 Å². The maximum absolute atomic E-state index is 5.76. The summed E-state index contributed by atoms with van der Waals surface area (Å²) in [7, 11) is 1.86. The van der Waals surface area contributed by atoms with E-state index in [1.54, 1.807) is 0 Å². The molecule has 6 nitrogen and oxygen atoms in total. The van der Waals surface area contributed by atoms with E-state index in [4.69, 9.17) is 9.15 Å². The molecule has 0 aromatic carbocycles. The maximum atomic E-state index is 5.76. The van der Waals surface area contributed by atoms with Crippen LogP contribution in [-0.2, 0) is 11.3 Å². The third-order valence-electron chi connectivity index (χ3n) is 3.10. The Bertz CT molecular complexity index is 355. The van der Waals surface area contributed by atoms with Crippen molar-refractivity contribution in [3.8, 4) is 0 Å². The Morgan fingerprint density at radius 3 is 2.75 bits per heavy atom. The van der Waals surface area contributed by atoms with Crippen molar-refractivity contribution in [2.24, 2.45) is 0 Å². The molecular weight excluding hydrogens is 208 g/mol. The molecule has 0 radical (unpaired) electrons. The molecule has 2 fully saturated rings. The summed E-state index contributed by atoms with van der Waals surface area (Å²) >= 11 is 0. The SMILES string of the molecule is CNCc1nnc(N2CC3CCC(C2)O3)o1. The van der Waals surface area contributed by atoms with E-state index in [9.17, 15) is 0 Å². The zero-order valence-corrected chi connectivity index (χ0v) is 9.35. The molecule has 16 heavy (non-hydrogen) atoms. The van der Waals surface area contributed by atoms with Gasteiger partial charge in [0.1, 0.15) is 0 Å². The van der Waals surface area contributed by atoms with Crippen molar-refractivity contribution in [1.82, 2.24) is 15.5 Å². The molecular formula is C10H16N4O2. The first kappa shape index (κ1) is 10.0. The molecule has 88 valence electrons. The highest BCUT2D eigenvalue weighted by atomic mass is 16.5. The first-order valence-electron chi connectivity index (χ1n) is 5.72. The number of nitrogens with zero attached hydrogens (tertiary/aromatic N) is 3. The summed E-state index contributed by atoms with van der Waals surface area (Å²) in [6, 6.07) is 0.630. The van der Waals surface area contributed by atoms with Crippen molar-refractivity contribution < 1.29 is 9.15 Å². The molecule has 6 heteroatoms. The van der Waals surface area contributed by atoms with Crippen LogP contribution in [0.3, 0.4) is 0 Å². The highest BCUT2D eigenvalue weighted by molar-refractivity contribution is 5.26. The lowest BCUT2D eigenvalue weighted by Gasteiger charge is -2.30. The van der Waals surface area contributed by atoms with E-state index >= 15 is 0 Å². The van der Waals surface area contributed by atoms with Gasteiger partial charge in [-0.15, -0.1) is 5.10 Å². The smallest absolute Gasteiger partial charge is 0.318 e. The van der Waals surface area contributed by atoms with Gasteiger partial charge in [0.15, 0.2) is 0 Å². The number of rotatable bonds is 3. The highest BCUT2D eigenvalue weighted by Gasteiger charge is 2.35. The van der Waals surface area contributed by atoms with Crippen molar-refractivity contribution in [1.29, 1.82) is 0 Å². The van der Waals surface area contributed by atoms with Crippen LogP contribution in [0.4, 0.5) is 6.01 Å². The average Bonchev–Trinajstić information content (AvgIpc) is 2.87. The quantitative estimate of drug-likeness (QED) is 0.789. The fourth-order valence-corrected chi connectivity index (χ4v) is 2.37. The van der Waals surface area contributed by atoms with E-state index in [0.29, 0.717) is 30.7 Å². The molecule has 0 saturated carbocycles. The van der Waals surface area contributed by atoms with Crippen molar-refractivity contribution >= 4 is 6.01 Å². The lowest BCUT2D eigenvalue weighted by molar-refractivity contribution is 0.0287. The molecule has 2 aliphatic rings. The predicted octanol–water partition coefficient (Wildman–Crippen LogP) is 0.157. The first-order chi connectivity index (χ1) is 7.85. The van der Waals surface area contributed by atoms with Crippen LogP contribution in [-0.4, -0.2) is 42.5 Å². The minimum absolute atomic E-state index is 0.346. The standard InChI is InChI=1S/C10H16N4O2/c1-11-4-9-12-13-10(16-9)14-5-7-2-3-8(6-14)15-7/h7-8,11H,2-6H2,1H3. The van der Waals surface area contributed by atoms with Gasteiger partial charge in [-0.25, -0.2) is 0 Å². The molecule has 2 atom stereocenters. The van der Waals surface area contributed by atoms with Crippen LogP contribution in [0.1, 0.15) is 18.7 Å². The van der Waals surface area contributed by atoms with E-state index < -0.39 is 0 Å². The van der Waals surface area contributed by atoms with Gasteiger partial charge in [-0.2, -0.15) is 0 Å². The fourth-order valence-electron chi connectivity index (χ4n) is 2.37. The number of hydrogen-bond donors (Lipinski definition) is 1. The lowest BCUT2D eigenvalue weighted by Crippen LogP contribution is -2.42. The summed E-state index contributed by atoms with van der Waals surface area (Å²) in [6.07, 6.45) is 2.99. The van der Waals surface area contributed by atoms with Gasteiger partial charge >= 0.3 is 6.01 Å². The second kappa shape index (κ2) is 4.03. The summed E-state index contributed by atoms with van der Waals surface area (Å²) in [5, 5.41) is 11.0. The summed E-state index contributed by atoms with van der Waals surface area (Å²) in [6.45, 7) is 2.36. The van der Waals surface area contributed by atoms with Crippen molar-refractivity contribution in [3.63, 3.8) is 0 Å². The molecule has 0 amide bonds. The maximum Gasteiger partial charge on any atom is 0.318 e. The van der Waals surface area contributed by atoms with Gasteiger partial charge in [0, 0.05) is 13.1 Å². The molecule has 2 unspecified atom stereocenters. The van der Waals surface area contributed by atoms with E-state index in [1.165, 1.54) is 0 Å². The normalized spacial score (nSPS) is 28.7. The summed E-state index contributed by atoms with van der Waals surface area (Å²) < 4.78 is 11.3. The number of fused-ring (bicyclic) bond motifs is 2. The summed E-state index contributed by atoms with van der Waals surface area (Å²) in [4.78, 5) is 2.14. The van der Waals surface area contributed by atoms with Crippen molar-refractivity contribution in [3.05, 3.63) is 5.89 Å². The molecule has 3 rings (SSSR count). The zero-order chi connectivity index (χ0) is 11.0. The molecule has 0 aliphatic carbocycles. The Balaban J connectivity index is 1.71. The third-order valence-corrected chi connectivity index (χ3v) is 3.10. The molecule has 2 saturated heterocycles. The summed E-state index contributed by atoms with van der Waals surface area (Å²) in [5.74, 6) is 0.635. The number of hydrogen-bond acceptors (Lipinski definition) is 6. The molecule has 1 aromatic rings. The monoisotopic (exact) mass is 224 g/mol. The highest BCUT2D eigenvalue weighted by Crippen LogP contribution is 2.28. The lowest BCUT2D eigenvalue weighted by atomic mass is 10.2. The molecule has 0 spiro atoms. The Morgan fingerprint density at radius 2 is 2.06 bits per heavy atom. The van der Waals surface area contributed by atoms with Crippen LogP contribution >= 0.6 is 0 Å². The molecule has 2 aliphatic heterocycles. The van der Waals surface area contributed by atoms with Crippen molar-refractivity contribution in [2.75, 3.05) is 25.0 Å². The third kappa shape index (κ3) is 1.78. The Labute approximate surface area is 94.0 Å². The van der Waals surface area contributed by atoms with Crippen LogP contribution in [0.2, 0.25) is 0 Å². The van der Waals surface area contributed by atoms with Gasteiger partial charge in [0.05, 0.1) is 18.8 Å². The predicted molar refractivity (Wildman–Crippen MR) is 57.2 cm³/mol. The van der Waals surface area contributed by atoms with E-state index in [-0.39, 0.29) is 0 Å². The Hall–Kier alpha value is -1.14. The second-order valence-corrected chi connectivity index (χ2v) is 4.37. The van der Waals surface area contributed by atoms with Gasteiger partial charge in [0.25, 0.3) is 0 Å². The van der Waals surface area contributed by atoms with Gasteiger partial charge in [-0.3, -0.25) is 0 Å². The second-order valence-electron chi connectivity index (χ2n) is 4.37. The van der Waals surface area contributed by atoms with E-state index in [1.807, 2.05) is 7.05 Å². The topological polar surface area (TPSA) is 63.4 Å².